The van der Waals surface area contributed by atoms with Crippen molar-refractivity contribution in [2.24, 2.45) is 11.7 Å². The minimum Gasteiger partial charge on any atom is -0.323 e. The van der Waals surface area contributed by atoms with Gasteiger partial charge in [0.05, 0.1) is 10.7 Å². The van der Waals surface area contributed by atoms with Gasteiger partial charge in [-0.2, -0.15) is 0 Å². The summed E-state index contributed by atoms with van der Waals surface area (Å²) in [5.74, 6) is 0.670. The van der Waals surface area contributed by atoms with E-state index in [1.807, 2.05) is 12.1 Å². The molecule has 0 amide bonds. The van der Waals surface area contributed by atoms with Crippen molar-refractivity contribution >= 4 is 11.6 Å². The smallest absolute Gasteiger partial charge is 0.0756 e. The zero-order valence-electron chi connectivity index (χ0n) is 8.70. The van der Waals surface area contributed by atoms with Gasteiger partial charge in [0.25, 0.3) is 0 Å². The van der Waals surface area contributed by atoms with Gasteiger partial charge >= 0.3 is 0 Å². The summed E-state index contributed by atoms with van der Waals surface area (Å²) in [5.41, 5.74) is 6.81. The number of hydrogen-bond donors (Lipinski definition) is 1. The first-order valence-corrected chi connectivity index (χ1v) is 5.35. The molecule has 1 heterocycles. The van der Waals surface area contributed by atoms with E-state index >= 15 is 0 Å². The molecule has 2 nitrogen and oxygen atoms in total. The van der Waals surface area contributed by atoms with Crippen LogP contribution in [0.4, 0.5) is 0 Å². The summed E-state index contributed by atoms with van der Waals surface area (Å²) in [6.45, 7) is 4.37. The Bertz CT molecular complexity index is 286. The number of rotatable bonds is 4. The van der Waals surface area contributed by atoms with Gasteiger partial charge in [-0.15, -0.1) is 0 Å². The number of aromatic nitrogens is 1. The third-order valence-corrected chi connectivity index (χ3v) is 2.51. The molecule has 2 N–H and O–H groups in total. The van der Waals surface area contributed by atoms with E-state index in [4.69, 9.17) is 17.3 Å². The Kier molecular flexibility index (Phi) is 4.36. The molecule has 1 aromatic rings. The van der Waals surface area contributed by atoms with Crippen LogP contribution in [0.2, 0.25) is 5.02 Å². The highest BCUT2D eigenvalue weighted by Gasteiger charge is 2.11. The van der Waals surface area contributed by atoms with Crippen molar-refractivity contribution in [3.8, 4) is 0 Å². The van der Waals surface area contributed by atoms with Gasteiger partial charge in [0.15, 0.2) is 0 Å². The normalized spacial score (nSPS) is 13.2. The predicted octanol–water partition coefficient (Wildman–Crippen LogP) is 3.17. The molecule has 0 aliphatic heterocycles. The molecule has 0 saturated carbocycles. The summed E-state index contributed by atoms with van der Waals surface area (Å²) >= 11 is 5.99. The quantitative estimate of drug-likeness (QED) is 0.833. The van der Waals surface area contributed by atoms with Crippen LogP contribution >= 0.6 is 11.6 Å². The van der Waals surface area contributed by atoms with Gasteiger partial charge in [-0.25, -0.2) is 0 Å². The van der Waals surface area contributed by atoms with Crippen molar-refractivity contribution in [3.05, 3.63) is 29.0 Å². The average Bonchev–Trinajstić information content (AvgIpc) is 2.15. The van der Waals surface area contributed by atoms with Gasteiger partial charge < -0.3 is 5.73 Å². The second kappa shape index (κ2) is 5.32. The Morgan fingerprint density at radius 3 is 2.71 bits per heavy atom. The highest BCUT2D eigenvalue weighted by molar-refractivity contribution is 6.31. The van der Waals surface area contributed by atoms with E-state index in [9.17, 15) is 0 Å². The maximum absolute atomic E-state index is 6.00. The summed E-state index contributed by atoms with van der Waals surface area (Å²) < 4.78 is 0. The third kappa shape index (κ3) is 3.28. The number of pyridine rings is 1. The molecular formula is C11H17ClN2. The summed E-state index contributed by atoms with van der Waals surface area (Å²) in [5, 5.41) is 0.670. The molecule has 3 heteroatoms. The molecule has 78 valence electrons. The lowest BCUT2D eigenvalue weighted by Crippen LogP contribution is -2.13. The van der Waals surface area contributed by atoms with E-state index in [2.05, 4.69) is 18.8 Å². The molecule has 0 fully saturated rings. The summed E-state index contributed by atoms with van der Waals surface area (Å²) in [4.78, 5) is 4.20. The number of halogens is 1. The Morgan fingerprint density at radius 2 is 2.14 bits per heavy atom. The minimum atomic E-state index is -0.0360. The summed E-state index contributed by atoms with van der Waals surface area (Å²) in [6.07, 6.45) is 3.78. The molecule has 1 aromatic heterocycles. The summed E-state index contributed by atoms with van der Waals surface area (Å²) in [6, 6.07) is 3.62. The van der Waals surface area contributed by atoms with E-state index < -0.39 is 0 Å². The van der Waals surface area contributed by atoms with Crippen LogP contribution in [0, 0.1) is 5.92 Å². The highest BCUT2D eigenvalue weighted by atomic mass is 35.5. The van der Waals surface area contributed by atoms with Crippen LogP contribution in [0.15, 0.2) is 18.3 Å². The molecule has 0 saturated heterocycles. The van der Waals surface area contributed by atoms with E-state index in [0.29, 0.717) is 10.9 Å². The lowest BCUT2D eigenvalue weighted by molar-refractivity contribution is 0.501. The maximum atomic E-state index is 6.00. The van der Waals surface area contributed by atoms with E-state index in [0.717, 1.165) is 18.5 Å². The highest BCUT2D eigenvalue weighted by Crippen LogP contribution is 2.22. The van der Waals surface area contributed by atoms with Crippen molar-refractivity contribution in [3.63, 3.8) is 0 Å². The molecule has 0 spiro atoms. The first-order valence-electron chi connectivity index (χ1n) is 4.97. The molecule has 1 rings (SSSR count). The zero-order valence-corrected chi connectivity index (χ0v) is 9.46. The maximum Gasteiger partial charge on any atom is 0.0756 e. The molecule has 1 unspecified atom stereocenters. The first-order chi connectivity index (χ1) is 6.61. The number of hydrogen-bond acceptors (Lipinski definition) is 2. The van der Waals surface area contributed by atoms with E-state index in [1.165, 1.54) is 0 Å². The minimum absolute atomic E-state index is 0.0360. The lowest BCUT2D eigenvalue weighted by atomic mass is 10.0. The fourth-order valence-electron chi connectivity index (χ4n) is 1.32. The Balaban J connectivity index is 2.60. The van der Waals surface area contributed by atoms with Gasteiger partial charge in [-0.3, -0.25) is 4.98 Å². The standard InChI is InChI=1S/C11H17ClN2/c1-8(2)5-6-10(13)11-9(12)4-3-7-14-11/h3-4,7-8,10H,5-6,13H2,1-2H3. The second-order valence-electron chi connectivity index (χ2n) is 3.95. The fraction of sp³-hybridized carbons (Fsp3) is 0.545. The molecule has 0 radical (unpaired) electrons. The Labute approximate surface area is 90.5 Å². The van der Waals surface area contributed by atoms with Crippen molar-refractivity contribution in [2.75, 3.05) is 0 Å². The van der Waals surface area contributed by atoms with Crippen LogP contribution < -0.4 is 5.73 Å². The molecule has 0 aliphatic carbocycles. The fourth-order valence-corrected chi connectivity index (χ4v) is 1.58. The van der Waals surface area contributed by atoms with Crippen molar-refractivity contribution in [1.29, 1.82) is 0 Å². The van der Waals surface area contributed by atoms with Gasteiger partial charge in [0, 0.05) is 12.2 Å². The molecule has 14 heavy (non-hydrogen) atoms. The Hall–Kier alpha value is -0.600. The number of nitrogens with two attached hydrogens (primary N) is 1. The van der Waals surface area contributed by atoms with Crippen LogP contribution in [-0.2, 0) is 0 Å². The SMILES string of the molecule is CC(C)CCC(N)c1ncccc1Cl. The molecule has 0 bridgehead atoms. The van der Waals surface area contributed by atoms with Gasteiger partial charge in [-0.05, 0) is 30.9 Å². The molecule has 1 atom stereocenters. The van der Waals surface area contributed by atoms with Crippen LogP contribution in [0.5, 0.6) is 0 Å². The average molecular weight is 213 g/mol. The van der Waals surface area contributed by atoms with Gasteiger partial charge in [0.2, 0.25) is 0 Å². The number of nitrogens with zero attached hydrogens (tertiary/aromatic N) is 1. The largest absolute Gasteiger partial charge is 0.323 e. The molecular weight excluding hydrogens is 196 g/mol. The molecule has 0 aliphatic rings. The van der Waals surface area contributed by atoms with Gasteiger partial charge in [0.1, 0.15) is 0 Å². The van der Waals surface area contributed by atoms with Crippen LogP contribution in [0.25, 0.3) is 0 Å². The lowest BCUT2D eigenvalue weighted by Gasteiger charge is -2.13. The van der Waals surface area contributed by atoms with Crippen molar-refractivity contribution in [1.82, 2.24) is 4.98 Å². The Morgan fingerprint density at radius 1 is 1.43 bits per heavy atom. The van der Waals surface area contributed by atoms with E-state index in [-0.39, 0.29) is 6.04 Å². The predicted molar refractivity (Wildman–Crippen MR) is 60.2 cm³/mol. The monoisotopic (exact) mass is 212 g/mol. The van der Waals surface area contributed by atoms with Crippen LogP contribution in [-0.4, -0.2) is 4.98 Å². The van der Waals surface area contributed by atoms with Crippen LogP contribution in [0.1, 0.15) is 38.4 Å². The zero-order chi connectivity index (χ0) is 10.6. The second-order valence-corrected chi connectivity index (χ2v) is 4.36. The first kappa shape index (κ1) is 11.5. The third-order valence-electron chi connectivity index (χ3n) is 2.19. The van der Waals surface area contributed by atoms with Gasteiger partial charge in [-0.1, -0.05) is 25.4 Å². The molecule has 0 aromatic carbocycles. The summed E-state index contributed by atoms with van der Waals surface area (Å²) in [7, 11) is 0. The van der Waals surface area contributed by atoms with Crippen LogP contribution in [0.3, 0.4) is 0 Å². The van der Waals surface area contributed by atoms with Crippen molar-refractivity contribution < 1.29 is 0 Å². The van der Waals surface area contributed by atoms with E-state index in [1.54, 1.807) is 6.20 Å². The topological polar surface area (TPSA) is 38.9 Å². The van der Waals surface area contributed by atoms with Crippen molar-refractivity contribution in [2.45, 2.75) is 32.7 Å².